The molecule has 8 heteroatoms. The third-order valence-electron chi connectivity index (χ3n) is 5.10. The fourth-order valence-corrected chi connectivity index (χ4v) is 4.41. The number of amides is 2. The minimum Gasteiger partial charge on any atom is -0.328 e. The molecule has 158 valence electrons. The number of carbonyl (C=O) groups excluding carboxylic acids is 2. The Kier molecular flexibility index (Phi) is 5.45. The standard InChI is InChI=1S/C23H22N4O2S2/c1-23(2,3)15-11-9-14(10-12-15)20(28)25-27-21(29)18(31-22(27)30)13-19-24-16-7-5-6-8-17(16)26(19)4/h5-13H,1-4H3,(H,25,28). The third kappa shape index (κ3) is 4.13. The van der Waals surface area contributed by atoms with Crippen LogP contribution in [0.3, 0.4) is 0 Å². The van der Waals surface area contributed by atoms with Gasteiger partial charge in [-0.25, -0.2) is 4.98 Å². The van der Waals surface area contributed by atoms with Crippen LogP contribution in [0.5, 0.6) is 0 Å². The second kappa shape index (κ2) is 7.94. The monoisotopic (exact) mass is 450 g/mol. The molecule has 0 unspecified atom stereocenters. The number of aromatic nitrogens is 2. The molecule has 1 saturated heterocycles. The summed E-state index contributed by atoms with van der Waals surface area (Å²) in [4.78, 5) is 30.6. The molecule has 0 radical (unpaired) electrons. The molecular formula is C23H22N4O2S2. The summed E-state index contributed by atoms with van der Waals surface area (Å²) in [5.41, 5.74) is 6.02. The van der Waals surface area contributed by atoms with Crippen molar-refractivity contribution < 1.29 is 9.59 Å². The van der Waals surface area contributed by atoms with Crippen LogP contribution in [0.4, 0.5) is 0 Å². The van der Waals surface area contributed by atoms with E-state index in [9.17, 15) is 9.59 Å². The Bertz CT molecular complexity index is 1240. The molecule has 0 spiro atoms. The number of para-hydroxylation sites is 2. The number of benzene rings is 2. The Balaban J connectivity index is 1.53. The fourth-order valence-electron chi connectivity index (χ4n) is 3.26. The maximum atomic E-state index is 12.9. The number of thiocarbonyl (C=S) groups is 1. The van der Waals surface area contributed by atoms with E-state index in [-0.39, 0.29) is 21.5 Å². The number of hydrogen-bond acceptors (Lipinski definition) is 5. The zero-order valence-electron chi connectivity index (χ0n) is 17.7. The second-order valence-electron chi connectivity index (χ2n) is 8.30. The smallest absolute Gasteiger partial charge is 0.285 e. The van der Waals surface area contributed by atoms with Gasteiger partial charge >= 0.3 is 0 Å². The Hall–Kier alpha value is -2.97. The van der Waals surface area contributed by atoms with Gasteiger partial charge in [0.05, 0.1) is 15.9 Å². The molecule has 1 aliphatic rings. The summed E-state index contributed by atoms with van der Waals surface area (Å²) in [6, 6.07) is 15.1. The maximum Gasteiger partial charge on any atom is 0.285 e. The van der Waals surface area contributed by atoms with Crippen LogP contribution < -0.4 is 5.43 Å². The highest BCUT2D eigenvalue weighted by Crippen LogP contribution is 2.32. The minimum absolute atomic E-state index is 0.00634. The summed E-state index contributed by atoms with van der Waals surface area (Å²) in [5.74, 6) is -0.117. The van der Waals surface area contributed by atoms with Gasteiger partial charge in [-0.2, -0.15) is 5.01 Å². The number of rotatable bonds is 3. The van der Waals surface area contributed by atoms with Crippen molar-refractivity contribution in [2.24, 2.45) is 7.05 Å². The predicted octanol–water partition coefficient (Wildman–Crippen LogP) is 4.42. The van der Waals surface area contributed by atoms with E-state index in [2.05, 4.69) is 31.2 Å². The largest absolute Gasteiger partial charge is 0.328 e. The number of carbonyl (C=O) groups is 2. The molecule has 1 N–H and O–H groups in total. The van der Waals surface area contributed by atoms with E-state index in [1.807, 2.05) is 48.0 Å². The van der Waals surface area contributed by atoms with Crippen molar-refractivity contribution in [1.82, 2.24) is 20.0 Å². The molecule has 3 aromatic rings. The van der Waals surface area contributed by atoms with Crippen molar-refractivity contribution in [2.45, 2.75) is 26.2 Å². The van der Waals surface area contributed by atoms with Gasteiger partial charge in [-0.1, -0.05) is 56.8 Å². The summed E-state index contributed by atoms with van der Waals surface area (Å²) in [6.45, 7) is 6.33. The van der Waals surface area contributed by atoms with Crippen LogP contribution in [0.25, 0.3) is 17.1 Å². The van der Waals surface area contributed by atoms with Crippen LogP contribution in [-0.4, -0.2) is 30.7 Å². The third-order valence-corrected chi connectivity index (χ3v) is 6.40. The highest BCUT2D eigenvalue weighted by molar-refractivity contribution is 8.26. The Morgan fingerprint density at radius 3 is 2.45 bits per heavy atom. The molecule has 1 aliphatic heterocycles. The van der Waals surface area contributed by atoms with E-state index >= 15 is 0 Å². The van der Waals surface area contributed by atoms with Crippen LogP contribution in [0.15, 0.2) is 53.4 Å². The van der Waals surface area contributed by atoms with Crippen LogP contribution in [0.2, 0.25) is 0 Å². The van der Waals surface area contributed by atoms with Crippen LogP contribution in [-0.2, 0) is 17.3 Å². The molecule has 2 heterocycles. The molecule has 6 nitrogen and oxygen atoms in total. The average Bonchev–Trinajstić information content (AvgIpc) is 3.18. The van der Waals surface area contributed by atoms with E-state index in [1.165, 1.54) is 0 Å². The summed E-state index contributed by atoms with van der Waals surface area (Å²) in [7, 11) is 1.89. The van der Waals surface area contributed by atoms with Gasteiger partial charge in [-0.05, 0) is 47.5 Å². The van der Waals surface area contributed by atoms with Gasteiger partial charge in [0.1, 0.15) is 5.82 Å². The van der Waals surface area contributed by atoms with E-state index in [0.717, 1.165) is 33.4 Å². The highest BCUT2D eigenvalue weighted by atomic mass is 32.2. The quantitative estimate of drug-likeness (QED) is 0.473. The fraction of sp³-hybridized carbons (Fsp3) is 0.217. The van der Waals surface area contributed by atoms with Crippen molar-refractivity contribution in [1.29, 1.82) is 0 Å². The van der Waals surface area contributed by atoms with Gasteiger partial charge in [0.25, 0.3) is 11.8 Å². The Morgan fingerprint density at radius 2 is 1.81 bits per heavy atom. The molecule has 0 atom stereocenters. The van der Waals surface area contributed by atoms with Crippen molar-refractivity contribution in [3.63, 3.8) is 0 Å². The Morgan fingerprint density at radius 1 is 1.13 bits per heavy atom. The molecule has 0 bridgehead atoms. The van der Waals surface area contributed by atoms with Gasteiger partial charge in [0.2, 0.25) is 0 Å². The number of nitrogens with zero attached hydrogens (tertiary/aromatic N) is 3. The van der Waals surface area contributed by atoms with Crippen molar-refractivity contribution in [3.8, 4) is 0 Å². The van der Waals surface area contributed by atoms with Gasteiger partial charge in [0.15, 0.2) is 4.32 Å². The molecule has 31 heavy (non-hydrogen) atoms. The maximum absolute atomic E-state index is 12.9. The van der Waals surface area contributed by atoms with Crippen LogP contribution in [0, 0.1) is 0 Å². The summed E-state index contributed by atoms with van der Waals surface area (Å²) in [5, 5.41) is 1.12. The van der Waals surface area contributed by atoms with Crippen molar-refractivity contribution >= 4 is 57.2 Å². The first kappa shape index (κ1) is 21.3. The number of hydrazine groups is 1. The molecule has 2 amide bonds. The number of nitrogens with one attached hydrogen (secondary N) is 1. The van der Waals surface area contributed by atoms with Gasteiger partial charge in [-0.3, -0.25) is 15.0 Å². The number of hydrogen-bond donors (Lipinski definition) is 1. The first-order valence-electron chi connectivity index (χ1n) is 9.76. The molecule has 0 aliphatic carbocycles. The van der Waals surface area contributed by atoms with Crippen molar-refractivity contribution in [3.05, 3.63) is 70.4 Å². The zero-order valence-corrected chi connectivity index (χ0v) is 19.3. The van der Waals surface area contributed by atoms with Crippen LogP contribution >= 0.6 is 24.0 Å². The Labute approximate surface area is 190 Å². The molecule has 1 fully saturated rings. The lowest BCUT2D eigenvalue weighted by atomic mass is 9.87. The van der Waals surface area contributed by atoms with Gasteiger partial charge < -0.3 is 4.57 Å². The molecule has 0 saturated carbocycles. The first-order chi connectivity index (χ1) is 14.6. The first-order valence-corrected chi connectivity index (χ1v) is 11.0. The molecule has 4 rings (SSSR count). The second-order valence-corrected chi connectivity index (χ2v) is 9.98. The summed E-state index contributed by atoms with van der Waals surface area (Å²) >= 11 is 6.47. The zero-order chi connectivity index (χ0) is 22.3. The number of thioether (sulfide) groups is 1. The molecular weight excluding hydrogens is 428 g/mol. The predicted molar refractivity (Wildman–Crippen MR) is 128 cm³/mol. The number of aryl methyl sites for hydroxylation is 1. The normalized spacial score (nSPS) is 15.9. The highest BCUT2D eigenvalue weighted by Gasteiger charge is 2.34. The van der Waals surface area contributed by atoms with Gasteiger partial charge in [0, 0.05) is 18.7 Å². The molecule has 1 aromatic heterocycles. The van der Waals surface area contributed by atoms with E-state index in [4.69, 9.17) is 12.2 Å². The van der Waals surface area contributed by atoms with Crippen molar-refractivity contribution in [2.75, 3.05) is 0 Å². The van der Waals surface area contributed by atoms with E-state index in [1.54, 1.807) is 18.2 Å². The average molecular weight is 451 g/mol. The van der Waals surface area contributed by atoms with E-state index < -0.39 is 0 Å². The lowest BCUT2D eigenvalue weighted by Gasteiger charge is -2.19. The minimum atomic E-state index is -0.388. The summed E-state index contributed by atoms with van der Waals surface area (Å²) < 4.78 is 2.19. The number of fused-ring (bicyclic) bond motifs is 1. The number of imidazole rings is 1. The van der Waals surface area contributed by atoms with Gasteiger partial charge in [-0.15, -0.1) is 0 Å². The SMILES string of the molecule is Cn1c(C=C2SC(=S)N(NC(=O)c3ccc(C(C)(C)C)cc3)C2=O)nc2ccccc21. The lowest BCUT2D eigenvalue weighted by Crippen LogP contribution is -2.44. The van der Waals surface area contributed by atoms with Crippen LogP contribution in [0.1, 0.15) is 42.5 Å². The topological polar surface area (TPSA) is 67.2 Å². The lowest BCUT2D eigenvalue weighted by molar-refractivity contribution is -0.123. The van der Waals surface area contributed by atoms with E-state index in [0.29, 0.717) is 16.3 Å². The molecule has 2 aromatic carbocycles. The summed E-state index contributed by atoms with van der Waals surface area (Å²) in [6.07, 6.45) is 1.70.